The van der Waals surface area contributed by atoms with Gasteiger partial charge in [0.1, 0.15) is 6.23 Å². The van der Waals surface area contributed by atoms with Gasteiger partial charge in [0.2, 0.25) is 0 Å². The molecular formula is C7H15NO. The molecule has 1 unspecified atom stereocenters. The van der Waals surface area contributed by atoms with E-state index in [2.05, 4.69) is 11.9 Å². The van der Waals surface area contributed by atoms with Crippen LogP contribution in [0.25, 0.3) is 0 Å². The van der Waals surface area contributed by atoms with E-state index in [-0.39, 0.29) is 0 Å². The van der Waals surface area contributed by atoms with E-state index in [1.165, 1.54) is 0 Å². The van der Waals surface area contributed by atoms with Crippen molar-refractivity contribution < 1.29 is 5.11 Å². The van der Waals surface area contributed by atoms with E-state index in [4.69, 9.17) is 5.11 Å². The molecule has 0 heterocycles. The van der Waals surface area contributed by atoms with Gasteiger partial charge in [0, 0.05) is 12.5 Å². The molecule has 0 aliphatic rings. The Bertz CT molecular complexity index is 81.0. The van der Waals surface area contributed by atoms with E-state index < -0.39 is 6.23 Å². The summed E-state index contributed by atoms with van der Waals surface area (Å²) in [5.41, 5.74) is 0. The van der Waals surface area contributed by atoms with Crippen molar-refractivity contribution in [2.75, 3.05) is 0 Å². The molecule has 0 saturated heterocycles. The zero-order chi connectivity index (χ0) is 7.28. The summed E-state index contributed by atoms with van der Waals surface area (Å²) in [6, 6.07) is 0.333. The topological polar surface area (TPSA) is 32.3 Å². The lowest BCUT2D eigenvalue weighted by Gasteiger charge is -2.12. The molecule has 0 saturated carbocycles. The van der Waals surface area contributed by atoms with Gasteiger partial charge < -0.3 is 5.11 Å². The number of hydrogen-bond acceptors (Lipinski definition) is 2. The second kappa shape index (κ2) is 4.53. The van der Waals surface area contributed by atoms with E-state index in [1.807, 2.05) is 13.8 Å². The molecule has 9 heavy (non-hydrogen) atoms. The Morgan fingerprint density at radius 2 is 2.22 bits per heavy atom. The lowest BCUT2D eigenvalue weighted by atomic mass is 10.3. The molecule has 0 rings (SSSR count). The van der Waals surface area contributed by atoms with E-state index in [0.29, 0.717) is 12.5 Å². The van der Waals surface area contributed by atoms with E-state index in [0.717, 1.165) is 0 Å². The highest BCUT2D eigenvalue weighted by Crippen LogP contribution is 1.88. The highest BCUT2D eigenvalue weighted by atomic mass is 16.3. The number of nitrogens with one attached hydrogen (secondary N) is 1. The van der Waals surface area contributed by atoms with Crippen LogP contribution >= 0.6 is 0 Å². The smallest absolute Gasteiger partial charge is 0.108 e. The first-order valence-electron chi connectivity index (χ1n) is 3.21. The van der Waals surface area contributed by atoms with Crippen molar-refractivity contribution >= 4 is 0 Å². The van der Waals surface area contributed by atoms with Crippen LogP contribution in [-0.2, 0) is 0 Å². The molecule has 1 atom stereocenters. The van der Waals surface area contributed by atoms with Crippen LogP contribution in [0.15, 0.2) is 12.7 Å². The van der Waals surface area contributed by atoms with Gasteiger partial charge in [0.05, 0.1) is 0 Å². The van der Waals surface area contributed by atoms with Crippen LogP contribution in [0.2, 0.25) is 0 Å². The van der Waals surface area contributed by atoms with Gasteiger partial charge in [-0.15, -0.1) is 6.58 Å². The zero-order valence-corrected chi connectivity index (χ0v) is 6.09. The molecule has 0 aromatic rings. The van der Waals surface area contributed by atoms with Crippen molar-refractivity contribution in [2.24, 2.45) is 0 Å². The Kier molecular flexibility index (Phi) is 4.36. The molecule has 0 aromatic carbocycles. The number of hydrogen-bond donors (Lipinski definition) is 2. The predicted molar refractivity (Wildman–Crippen MR) is 39.1 cm³/mol. The number of aliphatic hydroxyl groups excluding tert-OH is 1. The fourth-order valence-corrected chi connectivity index (χ4v) is 0.611. The first-order chi connectivity index (χ1) is 4.16. The Hall–Kier alpha value is -0.340. The average molecular weight is 129 g/mol. The standard InChI is InChI=1S/C7H15NO/c1-4-5-7(9)8-6(2)3/h4,6-9H,1,5H2,2-3H3. The first kappa shape index (κ1) is 8.66. The summed E-state index contributed by atoms with van der Waals surface area (Å²) in [6.45, 7) is 7.49. The van der Waals surface area contributed by atoms with Gasteiger partial charge in [-0.2, -0.15) is 0 Å². The zero-order valence-electron chi connectivity index (χ0n) is 6.09. The number of aliphatic hydroxyl groups is 1. The van der Waals surface area contributed by atoms with Gasteiger partial charge in [-0.1, -0.05) is 6.08 Å². The van der Waals surface area contributed by atoms with Crippen LogP contribution < -0.4 is 5.32 Å². The molecule has 0 bridgehead atoms. The molecule has 0 spiro atoms. The van der Waals surface area contributed by atoms with Crippen molar-refractivity contribution in [3.05, 3.63) is 12.7 Å². The van der Waals surface area contributed by atoms with Gasteiger partial charge in [-0.05, 0) is 13.8 Å². The van der Waals surface area contributed by atoms with E-state index in [9.17, 15) is 0 Å². The molecule has 2 nitrogen and oxygen atoms in total. The minimum atomic E-state index is -0.428. The Morgan fingerprint density at radius 1 is 1.67 bits per heavy atom. The largest absolute Gasteiger partial charge is 0.378 e. The van der Waals surface area contributed by atoms with Crippen molar-refractivity contribution in [3.63, 3.8) is 0 Å². The predicted octanol–water partition coefficient (Wildman–Crippen LogP) is 0.879. The minimum Gasteiger partial charge on any atom is -0.378 e. The molecular weight excluding hydrogens is 114 g/mol. The van der Waals surface area contributed by atoms with Gasteiger partial charge in [0.15, 0.2) is 0 Å². The van der Waals surface area contributed by atoms with E-state index >= 15 is 0 Å². The van der Waals surface area contributed by atoms with E-state index in [1.54, 1.807) is 6.08 Å². The van der Waals surface area contributed by atoms with Crippen LogP contribution in [-0.4, -0.2) is 17.4 Å². The third-order valence-electron chi connectivity index (χ3n) is 0.916. The minimum absolute atomic E-state index is 0.333. The summed E-state index contributed by atoms with van der Waals surface area (Å²) in [4.78, 5) is 0. The summed E-state index contributed by atoms with van der Waals surface area (Å²) in [5, 5.41) is 12.0. The van der Waals surface area contributed by atoms with Crippen LogP contribution in [0.5, 0.6) is 0 Å². The maximum atomic E-state index is 9.04. The summed E-state index contributed by atoms with van der Waals surface area (Å²) in [5.74, 6) is 0. The van der Waals surface area contributed by atoms with Crippen molar-refractivity contribution in [1.29, 1.82) is 0 Å². The van der Waals surface area contributed by atoms with Crippen LogP contribution in [0, 0.1) is 0 Å². The second-order valence-corrected chi connectivity index (χ2v) is 2.36. The fraction of sp³-hybridized carbons (Fsp3) is 0.714. The lowest BCUT2D eigenvalue weighted by Crippen LogP contribution is -2.33. The Morgan fingerprint density at radius 3 is 2.56 bits per heavy atom. The molecule has 0 radical (unpaired) electrons. The van der Waals surface area contributed by atoms with Gasteiger partial charge in [-0.25, -0.2) is 0 Å². The van der Waals surface area contributed by atoms with Crippen molar-refractivity contribution in [2.45, 2.75) is 32.5 Å². The third-order valence-corrected chi connectivity index (χ3v) is 0.916. The summed E-state index contributed by atoms with van der Waals surface area (Å²) < 4.78 is 0. The van der Waals surface area contributed by atoms with Gasteiger partial charge in [-0.3, -0.25) is 5.32 Å². The van der Waals surface area contributed by atoms with Gasteiger partial charge in [0.25, 0.3) is 0 Å². The lowest BCUT2D eigenvalue weighted by molar-refractivity contribution is 0.130. The van der Waals surface area contributed by atoms with Gasteiger partial charge >= 0.3 is 0 Å². The maximum Gasteiger partial charge on any atom is 0.108 e. The Labute approximate surface area is 56.6 Å². The first-order valence-corrected chi connectivity index (χ1v) is 3.21. The average Bonchev–Trinajstić information content (AvgIpc) is 1.63. The molecule has 2 N–H and O–H groups in total. The van der Waals surface area contributed by atoms with Crippen LogP contribution in [0.1, 0.15) is 20.3 Å². The maximum absolute atomic E-state index is 9.04. The SMILES string of the molecule is C=CCC(O)NC(C)C. The molecule has 0 aliphatic carbocycles. The number of rotatable bonds is 4. The highest BCUT2D eigenvalue weighted by molar-refractivity contribution is 4.71. The summed E-state index contributed by atoms with van der Waals surface area (Å²) in [6.07, 6.45) is 1.88. The van der Waals surface area contributed by atoms with Crippen LogP contribution in [0.3, 0.4) is 0 Å². The second-order valence-electron chi connectivity index (χ2n) is 2.36. The summed E-state index contributed by atoms with van der Waals surface area (Å²) in [7, 11) is 0. The Balaban J connectivity index is 3.25. The highest BCUT2D eigenvalue weighted by Gasteiger charge is 2.00. The summed E-state index contributed by atoms with van der Waals surface area (Å²) >= 11 is 0. The molecule has 0 aliphatic heterocycles. The van der Waals surface area contributed by atoms with Crippen molar-refractivity contribution in [3.8, 4) is 0 Å². The molecule has 54 valence electrons. The van der Waals surface area contributed by atoms with Crippen LogP contribution in [0.4, 0.5) is 0 Å². The fourth-order valence-electron chi connectivity index (χ4n) is 0.611. The molecule has 2 heteroatoms. The van der Waals surface area contributed by atoms with Crippen molar-refractivity contribution in [1.82, 2.24) is 5.32 Å². The molecule has 0 fully saturated rings. The normalized spacial score (nSPS) is 13.8. The third kappa shape index (κ3) is 5.53. The quantitative estimate of drug-likeness (QED) is 0.436. The molecule has 0 amide bonds. The monoisotopic (exact) mass is 129 g/mol. The molecule has 0 aromatic heterocycles.